The normalized spacial score (nSPS) is 10.2. The third-order valence-electron chi connectivity index (χ3n) is 2.89. The van der Waals surface area contributed by atoms with Gasteiger partial charge in [0.2, 0.25) is 0 Å². The van der Waals surface area contributed by atoms with Crippen LogP contribution in [0.25, 0.3) is 0 Å². The first-order chi connectivity index (χ1) is 9.72. The van der Waals surface area contributed by atoms with Crippen molar-refractivity contribution in [2.24, 2.45) is 0 Å². The molecule has 0 bridgehead atoms. The number of hydrogen-bond donors (Lipinski definition) is 1. The SMILES string of the molecule is O=C(c1ccncc1O)N(CCBr)Cc1ccccc1. The van der Waals surface area contributed by atoms with E-state index in [0.717, 1.165) is 5.56 Å². The van der Waals surface area contributed by atoms with Gasteiger partial charge in [-0.25, -0.2) is 0 Å². The van der Waals surface area contributed by atoms with Crippen molar-refractivity contribution in [1.29, 1.82) is 0 Å². The fraction of sp³-hybridized carbons (Fsp3) is 0.200. The van der Waals surface area contributed by atoms with E-state index in [9.17, 15) is 9.90 Å². The minimum atomic E-state index is -0.201. The molecule has 0 fully saturated rings. The predicted molar refractivity (Wildman–Crippen MR) is 80.9 cm³/mol. The van der Waals surface area contributed by atoms with Crippen molar-refractivity contribution in [2.45, 2.75) is 6.54 Å². The summed E-state index contributed by atoms with van der Waals surface area (Å²) in [4.78, 5) is 18.0. The second-order valence-electron chi connectivity index (χ2n) is 4.29. The summed E-state index contributed by atoms with van der Waals surface area (Å²) in [5, 5.41) is 10.4. The van der Waals surface area contributed by atoms with E-state index < -0.39 is 0 Å². The molecular weight excluding hydrogens is 320 g/mol. The van der Waals surface area contributed by atoms with Crippen molar-refractivity contribution in [3.8, 4) is 5.75 Å². The Kier molecular flexibility index (Phi) is 5.12. The summed E-state index contributed by atoms with van der Waals surface area (Å²) < 4.78 is 0. The molecule has 0 saturated carbocycles. The van der Waals surface area contributed by atoms with Crippen molar-refractivity contribution in [3.63, 3.8) is 0 Å². The van der Waals surface area contributed by atoms with Crippen LogP contribution in [0.5, 0.6) is 5.75 Å². The lowest BCUT2D eigenvalue weighted by molar-refractivity contribution is 0.0751. The number of carbonyl (C=O) groups excluding carboxylic acids is 1. The molecule has 0 unspecified atom stereocenters. The highest BCUT2D eigenvalue weighted by Gasteiger charge is 2.18. The number of hydrogen-bond acceptors (Lipinski definition) is 3. The molecule has 2 rings (SSSR count). The summed E-state index contributed by atoms with van der Waals surface area (Å²) in [5.74, 6) is -0.293. The Bertz CT molecular complexity index is 575. The molecule has 0 aliphatic rings. The molecule has 5 heteroatoms. The lowest BCUT2D eigenvalue weighted by atomic mass is 10.1. The smallest absolute Gasteiger partial charge is 0.258 e. The number of benzene rings is 1. The lowest BCUT2D eigenvalue weighted by Gasteiger charge is -2.22. The lowest BCUT2D eigenvalue weighted by Crippen LogP contribution is -2.32. The number of carbonyl (C=O) groups is 1. The maximum atomic E-state index is 12.5. The number of pyridine rings is 1. The fourth-order valence-electron chi connectivity index (χ4n) is 1.90. The Morgan fingerprint density at radius 2 is 2.00 bits per heavy atom. The summed E-state index contributed by atoms with van der Waals surface area (Å²) in [6, 6.07) is 11.3. The van der Waals surface area contributed by atoms with Gasteiger partial charge in [-0.3, -0.25) is 9.78 Å². The highest BCUT2D eigenvalue weighted by atomic mass is 79.9. The molecule has 20 heavy (non-hydrogen) atoms. The molecule has 0 saturated heterocycles. The molecule has 1 N–H and O–H groups in total. The van der Waals surface area contributed by atoms with E-state index >= 15 is 0 Å². The first kappa shape index (κ1) is 14.5. The molecule has 1 aromatic heterocycles. The quantitative estimate of drug-likeness (QED) is 0.855. The summed E-state index contributed by atoms with van der Waals surface area (Å²) in [7, 11) is 0. The molecule has 104 valence electrons. The minimum Gasteiger partial charge on any atom is -0.505 e. The minimum absolute atomic E-state index is 0.0925. The number of aromatic hydroxyl groups is 1. The standard InChI is InChI=1S/C15H15BrN2O2/c16-7-9-18(11-12-4-2-1-3-5-12)15(20)13-6-8-17-10-14(13)19/h1-6,8,10,19H,7,9,11H2. The summed E-state index contributed by atoms with van der Waals surface area (Å²) in [6.07, 6.45) is 2.78. The van der Waals surface area contributed by atoms with Crippen LogP contribution in [0.1, 0.15) is 15.9 Å². The Balaban J connectivity index is 2.20. The molecule has 1 aromatic carbocycles. The number of rotatable bonds is 5. The van der Waals surface area contributed by atoms with Crippen molar-refractivity contribution in [2.75, 3.05) is 11.9 Å². The van der Waals surface area contributed by atoms with E-state index in [-0.39, 0.29) is 17.2 Å². The van der Waals surface area contributed by atoms with E-state index in [1.54, 1.807) is 4.90 Å². The zero-order valence-corrected chi connectivity index (χ0v) is 12.5. The Labute approximate surface area is 126 Å². The van der Waals surface area contributed by atoms with Gasteiger partial charge < -0.3 is 10.0 Å². The van der Waals surface area contributed by atoms with Crippen LogP contribution in [0.15, 0.2) is 48.8 Å². The zero-order chi connectivity index (χ0) is 14.4. The van der Waals surface area contributed by atoms with Crippen LogP contribution in [0.2, 0.25) is 0 Å². The molecule has 2 aromatic rings. The molecule has 4 nitrogen and oxygen atoms in total. The van der Waals surface area contributed by atoms with Gasteiger partial charge in [0.25, 0.3) is 5.91 Å². The van der Waals surface area contributed by atoms with Crippen molar-refractivity contribution < 1.29 is 9.90 Å². The van der Waals surface area contributed by atoms with Crippen LogP contribution in [0.4, 0.5) is 0 Å². The van der Waals surface area contributed by atoms with Gasteiger partial charge in [0.15, 0.2) is 0 Å². The van der Waals surface area contributed by atoms with E-state index in [1.165, 1.54) is 18.5 Å². The maximum absolute atomic E-state index is 12.5. The number of aromatic nitrogens is 1. The Hall–Kier alpha value is -1.88. The molecule has 0 atom stereocenters. The fourth-order valence-corrected chi connectivity index (χ4v) is 2.32. The molecule has 0 aliphatic heterocycles. The molecule has 0 spiro atoms. The molecule has 1 amide bonds. The van der Waals surface area contributed by atoms with E-state index in [4.69, 9.17) is 0 Å². The van der Waals surface area contributed by atoms with Crippen LogP contribution in [-0.4, -0.2) is 32.8 Å². The van der Waals surface area contributed by atoms with Gasteiger partial charge in [0.1, 0.15) is 5.75 Å². The number of halogens is 1. The largest absolute Gasteiger partial charge is 0.505 e. The van der Waals surface area contributed by atoms with Gasteiger partial charge in [-0.2, -0.15) is 0 Å². The van der Waals surface area contributed by atoms with Gasteiger partial charge >= 0.3 is 0 Å². The highest BCUT2D eigenvalue weighted by Crippen LogP contribution is 2.18. The number of nitrogens with zero attached hydrogens (tertiary/aromatic N) is 2. The van der Waals surface area contributed by atoms with Crippen LogP contribution >= 0.6 is 15.9 Å². The Morgan fingerprint density at radius 1 is 1.25 bits per heavy atom. The van der Waals surface area contributed by atoms with Crippen LogP contribution in [0.3, 0.4) is 0 Å². The molecular formula is C15H15BrN2O2. The van der Waals surface area contributed by atoms with Crippen LogP contribution in [-0.2, 0) is 6.54 Å². The average Bonchev–Trinajstić information content (AvgIpc) is 2.48. The van der Waals surface area contributed by atoms with Gasteiger partial charge in [-0.1, -0.05) is 46.3 Å². The predicted octanol–water partition coefficient (Wildman–Crippen LogP) is 2.82. The van der Waals surface area contributed by atoms with Gasteiger partial charge in [-0.15, -0.1) is 0 Å². The van der Waals surface area contributed by atoms with Crippen molar-refractivity contribution in [3.05, 3.63) is 59.9 Å². The van der Waals surface area contributed by atoms with Crippen molar-refractivity contribution >= 4 is 21.8 Å². The summed E-state index contributed by atoms with van der Waals surface area (Å²) in [6.45, 7) is 1.07. The maximum Gasteiger partial charge on any atom is 0.258 e. The third-order valence-corrected chi connectivity index (χ3v) is 3.24. The Morgan fingerprint density at radius 3 is 2.65 bits per heavy atom. The van der Waals surface area contributed by atoms with Gasteiger partial charge in [0.05, 0.1) is 11.8 Å². The van der Waals surface area contributed by atoms with E-state index in [1.807, 2.05) is 30.3 Å². The average molecular weight is 335 g/mol. The summed E-state index contributed by atoms with van der Waals surface area (Å²) in [5.41, 5.74) is 1.33. The number of alkyl halides is 1. The van der Waals surface area contributed by atoms with Gasteiger partial charge in [0, 0.05) is 24.6 Å². The second kappa shape index (κ2) is 7.05. The molecule has 0 aliphatic carbocycles. The monoisotopic (exact) mass is 334 g/mol. The first-order valence-electron chi connectivity index (χ1n) is 6.24. The van der Waals surface area contributed by atoms with E-state index in [0.29, 0.717) is 18.4 Å². The molecule has 1 heterocycles. The van der Waals surface area contributed by atoms with Crippen LogP contribution < -0.4 is 0 Å². The molecule has 0 radical (unpaired) electrons. The van der Waals surface area contributed by atoms with E-state index in [2.05, 4.69) is 20.9 Å². The van der Waals surface area contributed by atoms with Gasteiger partial charge in [-0.05, 0) is 11.6 Å². The third kappa shape index (κ3) is 3.57. The zero-order valence-electron chi connectivity index (χ0n) is 10.9. The van der Waals surface area contributed by atoms with Crippen molar-refractivity contribution in [1.82, 2.24) is 9.88 Å². The topological polar surface area (TPSA) is 53.4 Å². The first-order valence-corrected chi connectivity index (χ1v) is 7.36. The second-order valence-corrected chi connectivity index (χ2v) is 5.09. The highest BCUT2D eigenvalue weighted by molar-refractivity contribution is 9.09. The van der Waals surface area contributed by atoms with Crippen LogP contribution in [0, 0.1) is 0 Å². The number of amides is 1. The summed E-state index contributed by atoms with van der Waals surface area (Å²) >= 11 is 3.35.